The number of nitrogens with one attached hydrogen (secondary N) is 4. The van der Waals surface area contributed by atoms with Gasteiger partial charge in [0.15, 0.2) is 0 Å². The molecule has 1 unspecified atom stereocenters. The molecule has 4 aromatic rings. The molecule has 68 heavy (non-hydrogen) atoms. The average Bonchev–Trinajstić information content (AvgIpc) is 4.02. The van der Waals surface area contributed by atoms with Crippen LogP contribution in [0.15, 0.2) is 84.9 Å². The molecule has 0 radical (unpaired) electrons. The SMILES string of the molecule is CCOC(=O)NC(C(=O)N1CCC[C@H]1C(=O)Nc1cccc(-c2cc3ccc2CCc2ccc(c(-c4cccc(NC(=O)[C@@H]5CCCN5C(=O)[C@@H](NC(=O)OCC)C(C)C)c4)c2)CC3)c1)C(C)C. The van der Waals surface area contributed by atoms with Crippen LogP contribution in [0.1, 0.15) is 89.5 Å². The maximum Gasteiger partial charge on any atom is 0.407 e. The molecule has 4 aromatic carbocycles. The number of hydrogen-bond acceptors (Lipinski definition) is 8. The first-order chi connectivity index (χ1) is 32.7. The molecule has 4 aliphatic carbocycles. The van der Waals surface area contributed by atoms with Gasteiger partial charge in [-0.05, 0) is 146 Å². The molecule has 14 heteroatoms. The third-order valence-electron chi connectivity index (χ3n) is 13.2. The van der Waals surface area contributed by atoms with Crippen LogP contribution in [-0.4, -0.2) is 96.1 Å². The van der Waals surface area contributed by atoms with Crippen molar-refractivity contribution < 1.29 is 38.2 Å². The highest BCUT2D eigenvalue weighted by molar-refractivity contribution is 6.00. The monoisotopic (exact) mass is 926 g/mol. The Balaban J connectivity index is 1.04. The molecule has 360 valence electrons. The second-order valence-corrected chi connectivity index (χ2v) is 18.7. The molecule has 2 aliphatic heterocycles. The van der Waals surface area contributed by atoms with Gasteiger partial charge in [-0.3, -0.25) is 19.2 Å². The zero-order valence-electron chi connectivity index (χ0n) is 40.2. The summed E-state index contributed by atoms with van der Waals surface area (Å²) in [6, 6.07) is 26.2. The van der Waals surface area contributed by atoms with E-state index < -0.39 is 36.4 Å². The van der Waals surface area contributed by atoms with Gasteiger partial charge in [0.2, 0.25) is 23.6 Å². The van der Waals surface area contributed by atoms with E-state index in [1.54, 1.807) is 23.6 Å². The van der Waals surface area contributed by atoms with Crippen LogP contribution in [0, 0.1) is 11.8 Å². The van der Waals surface area contributed by atoms with E-state index in [2.05, 4.69) is 69.8 Å². The molecule has 6 aliphatic rings. The Bertz CT molecular complexity index is 2330. The fraction of sp³-hybridized carbons (Fsp3) is 0.444. The number of carbonyl (C=O) groups excluding carboxylic acids is 6. The van der Waals surface area contributed by atoms with Crippen LogP contribution in [0.25, 0.3) is 22.3 Å². The van der Waals surface area contributed by atoms with Crippen LogP contribution in [0.2, 0.25) is 0 Å². The standard InChI is InChI=1S/C54H66N6O8/c1-7-67-53(65)57-47(33(3)4)51(63)59-27-11-17-45(59)49(61)55-41-15-9-13-39(31-41)43-29-35-19-23-37(43)25-21-36-20-24-38(26-22-35)44(30-36)40-14-10-16-42(32-40)56-50(62)46-18-12-28-60(46)52(64)48(34(5)6)58-54(66)68-8-2/h9-10,13-16,19-20,23-24,29-34,45-48H,7-8,11-12,17-18,21-22,25-28H2,1-6H3,(H,55,61)(H,56,62)(H,57,65)(H,58,66)/t45-,46-,47-,48?/m0/s1. The van der Waals surface area contributed by atoms with E-state index in [9.17, 15) is 28.8 Å². The fourth-order valence-corrected chi connectivity index (χ4v) is 9.66. The number of alkyl carbamates (subject to hydrolysis) is 2. The summed E-state index contributed by atoms with van der Waals surface area (Å²) in [7, 11) is 0. The zero-order valence-corrected chi connectivity index (χ0v) is 40.2. The lowest BCUT2D eigenvalue weighted by atomic mass is 9.87. The summed E-state index contributed by atoms with van der Waals surface area (Å²) in [4.78, 5) is 82.8. The van der Waals surface area contributed by atoms with Crippen LogP contribution in [0.4, 0.5) is 21.0 Å². The average molecular weight is 927 g/mol. The first kappa shape index (κ1) is 49.2. The van der Waals surface area contributed by atoms with Gasteiger partial charge < -0.3 is 40.5 Å². The second-order valence-electron chi connectivity index (χ2n) is 18.7. The molecule has 2 heterocycles. The van der Waals surface area contributed by atoms with E-state index >= 15 is 0 Å². The van der Waals surface area contributed by atoms with Crippen molar-refractivity contribution in [1.29, 1.82) is 0 Å². The summed E-state index contributed by atoms with van der Waals surface area (Å²) in [6.45, 7) is 12.1. The summed E-state index contributed by atoms with van der Waals surface area (Å²) < 4.78 is 10.1. The fourth-order valence-electron chi connectivity index (χ4n) is 9.66. The van der Waals surface area contributed by atoms with Crippen LogP contribution < -0.4 is 21.3 Å². The van der Waals surface area contributed by atoms with Crippen LogP contribution >= 0.6 is 0 Å². The highest BCUT2D eigenvalue weighted by atomic mass is 16.6. The molecule has 0 spiro atoms. The largest absolute Gasteiger partial charge is 0.450 e. The van der Waals surface area contributed by atoms with Crippen LogP contribution in [0.3, 0.4) is 0 Å². The minimum Gasteiger partial charge on any atom is -0.450 e. The van der Waals surface area contributed by atoms with Crippen molar-refractivity contribution in [2.75, 3.05) is 36.9 Å². The predicted octanol–water partition coefficient (Wildman–Crippen LogP) is 8.30. The van der Waals surface area contributed by atoms with Crippen molar-refractivity contribution >= 4 is 47.2 Å². The van der Waals surface area contributed by atoms with Gasteiger partial charge in [-0.2, -0.15) is 0 Å². The van der Waals surface area contributed by atoms with E-state index in [0.717, 1.165) is 47.9 Å². The van der Waals surface area contributed by atoms with Gasteiger partial charge in [-0.15, -0.1) is 0 Å². The smallest absolute Gasteiger partial charge is 0.407 e. The number of nitrogens with zero attached hydrogens (tertiary/aromatic N) is 2. The molecular formula is C54H66N6O8. The summed E-state index contributed by atoms with van der Waals surface area (Å²) in [5.41, 5.74) is 10.2. The van der Waals surface area contributed by atoms with Crippen molar-refractivity contribution in [1.82, 2.24) is 20.4 Å². The van der Waals surface area contributed by atoms with Crippen molar-refractivity contribution in [2.24, 2.45) is 11.8 Å². The highest BCUT2D eigenvalue weighted by Crippen LogP contribution is 2.34. The third-order valence-corrected chi connectivity index (χ3v) is 13.2. The molecular weight excluding hydrogens is 861 g/mol. The molecule has 4 bridgehead atoms. The highest BCUT2D eigenvalue weighted by Gasteiger charge is 2.40. The quantitative estimate of drug-likeness (QED) is 0.0977. The lowest BCUT2D eigenvalue weighted by Crippen LogP contribution is -2.54. The molecule has 4 atom stereocenters. The molecule has 2 saturated heterocycles. The molecule has 14 nitrogen and oxygen atoms in total. The van der Waals surface area contributed by atoms with E-state index in [1.807, 2.05) is 64.1 Å². The Morgan fingerprint density at radius 3 is 1.35 bits per heavy atom. The molecule has 4 N–H and O–H groups in total. The first-order valence-corrected chi connectivity index (χ1v) is 24.3. The lowest BCUT2D eigenvalue weighted by Gasteiger charge is -2.30. The van der Waals surface area contributed by atoms with Crippen molar-refractivity contribution in [3.63, 3.8) is 0 Å². The van der Waals surface area contributed by atoms with Gasteiger partial charge in [-0.1, -0.05) is 88.4 Å². The van der Waals surface area contributed by atoms with Gasteiger partial charge in [0.25, 0.3) is 0 Å². The molecule has 2 fully saturated rings. The Morgan fingerprint density at radius 2 is 0.971 bits per heavy atom. The number of hydrogen-bond donors (Lipinski definition) is 4. The number of carbonyl (C=O) groups is 6. The molecule has 6 amide bonds. The van der Waals surface area contributed by atoms with E-state index in [-0.39, 0.29) is 48.7 Å². The number of amides is 6. The van der Waals surface area contributed by atoms with Crippen molar-refractivity contribution in [2.45, 2.75) is 117 Å². The third kappa shape index (κ3) is 11.7. The number of anilines is 2. The Morgan fingerprint density at radius 1 is 0.559 bits per heavy atom. The van der Waals surface area contributed by atoms with Crippen molar-refractivity contribution in [3.05, 3.63) is 107 Å². The number of likely N-dealkylation sites (tertiary alicyclic amines) is 2. The molecule has 10 rings (SSSR count). The van der Waals surface area contributed by atoms with E-state index in [4.69, 9.17) is 9.47 Å². The summed E-state index contributed by atoms with van der Waals surface area (Å²) in [6.07, 6.45) is 4.24. The van der Waals surface area contributed by atoms with Crippen LogP contribution in [-0.2, 0) is 54.3 Å². The number of rotatable bonds is 14. The Kier molecular flexibility index (Phi) is 16.2. The summed E-state index contributed by atoms with van der Waals surface area (Å²) in [5, 5.41) is 11.6. The number of ether oxygens (including phenoxy) is 2. The lowest BCUT2D eigenvalue weighted by molar-refractivity contribution is -0.139. The molecule has 0 saturated carbocycles. The predicted molar refractivity (Wildman–Crippen MR) is 263 cm³/mol. The topological polar surface area (TPSA) is 175 Å². The molecule has 0 aromatic heterocycles. The Labute approximate surface area is 399 Å². The van der Waals surface area contributed by atoms with Crippen LogP contribution in [0.5, 0.6) is 0 Å². The zero-order chi connectivity index (χ0) is 48.5. The van der Waals surface area contributed by atoms with Gasteiger partial charge in [0.1, 0.15) is 24.2 Å². The number of aryl methyl sites for hydroxylation is 4. The minimum absolute atomic E-state index is 0.190. The number of benzene rings is 4. The van der Waals surface area contributed by atoms with Gasteiger partial charge in [0, 0.05) is 24.5 Å². The first-order valence-electron chi connectivity index (χ1n) is 24.3. The maximum atomic E-state index is 13.8. The van der Waals surface area contributed by atoms with Gasteiger partial charge in [0.05, 0.1) is 13.2 Å². The summed E-state index contributed by atoms with van der Waals surface area (Å²) >= 11 is 0. The van der Waals surface area contributed by atoms with Crippen molar-refractivity contribution in [3.8, 4) is 22.3 Å². The minimum atomic E-state index is -0.810. The maximum absolute atomic E-state index is 13.8. The van der Waals surface area contributed by atoms with Gasteiger partial charge in [-0.25, -0.2) is 9.59 Å². The van der Waals surface area contributed by atoms with Gasteiger partial charge >= 0.3 is 12.2 Å². The van der Waals surface area contributed by atoms with E-state index in [1.165, 1.54) is 22.3 Å². The summed E-state index contributed by atoms with van der Waals surface area (Å²) in [5.74, 6) is -1.50. The Hall–Kier alpha value is -6.70. The second kappa shape index (κ2) is 22.4. The normalized spacial score (nSPS) is 17.5. The van der Waals surface area contributed by atoms with E-state index in [0.29, 0.717) is 50.1 Å².